The molecule has 0 spiro atoms. The molecule has 1 aromatic carbocycles. The Hall–Kier alpha value is -3.42. The zero-order chi connectivity index (χ0) is 20.7. The quantitative estimate of drug-likeness (QED) is 0.735. The van der Waals surface area contributed by atoms with E-state index in [9.17, 15) is 9.18 Å². The van der Waals surface area contributed by atoms with Crippen molar-refractivity contribution in [2.75, 3.05) is 11.9 Å². The Morgan fingerprint density at radius 3 is 2.69 bits per heavy atom. The van der Waals surface area contributed by atoms with Gasteiger partial charge in [0.25, 0.3) is 0 Å². The van der Waals surface area contributed by atoms with Crippen molar-refractivity contribution in [1.82, 2.24) is 24.5 Å². The lowest BCUT2D eigenvalue weighted by molar-refractivity contribution is -0.129. The number of allylic oxidation sites excluding steroid dienone is 1. The van der Waals surface area contributed by atoms with Crippen LogP contribution in [0, 0.1) is 5.82 Å². The standard InChI is InChI=1S/C21H23FN6O/c1-13(2)28-20-7-8-27(14(3)29)12-17(20)21(25-28)24-19-6-5-15(9-18(19)22)16-10-23-26(4)11-16/h5-6,9-11H,1,7-8,12H2,2-4H3,(H,24,25). The Morgan fingerprint density at radius 1 is 1.28 bits per heavy atom. The third kappa shape index (κ3) is 3.53. The van der Waals surface area contributed by atoms with Gasteiger partial charge in [-0.1, -0.05) is 12.6 Å². The average Bonchev–Trinajstić information content (AvgIpc) is 3.27. The number of carbonyl (C=O) groups is 1. The van der Waals surface area contributed by atoms with Crippen molar-refractivity contribution in [3.63, 3.8) is 0 Å². The summed E-state index contributed by atoms with van der Waals surface area (Å²) in [7, 11) is 1.82. The highest BCUT2D eigenvalue weighted by Gasteiger charge is 2.27. The fourth-order valence-corrected chi connectivity index (χ4v) is 3.60. The number of rotatable bonds is 4. The third-order valence-corrected chi connectivity index (χ3v) is 5.12. The van der Waals surface area contributed by atoms with Crippen LogP contribution in [-0.2, 0) is 24.8 Å². The molecule has 150 valence electrons. The van der Waals surface area contributed by atoms with E-state index in [1.807, 2.05) is 26.2 Å². The molecular weight excluding hydrogens is 371 g/mol. The number of nitrogens with zero attached hydrogens (tertiary/aromatic N) is 5. The minimum Gasteiger partial charge on any atom is -0.338 e. The molecule has 0 unspecified atom stereocenters. The Labute approximate surface area is 168 Å². The lowest BCUT2D eigenvalue weighted by Crippen LogP contribution is -2.34. The Bertz CT molecular complexity index is 1110. The molecule has 0 saturated carbocycles. The smallest absolute Gasteiger partial charge is 0.219 e. The van der Waals surface area contributed by atoms with E-state index in [1.54, 1.807) is 33.5 Å². The van der Waals surface area contributed by atoms with Crippen molar-refractivity contribution in [2.24, 2.45) is 7.05 Å². The monoisotopic (exact) mass is 394 g/mol. The molecule has 0 fully saturated rings. The maximum absolute atomic E-state index is 14.8. The van der Waals surface area contributed by atoms with Crippen LogP contribution in [0.5, 0.6) is 0 Å². The number of fused-ring (bicyclic) bond motifs is 1. The molecule has 1 aliphatic rings. The van der Waals surface area contributed by atoms with Gasteiger partial charge in [-0.15, -0.1) is 5.10 Å². The molecule has 8 heteroatoms. The van der Waals surface area contributed by atoms with E-state index in [0.29, 0.717) is 31.0 Å². The van der Waals surface area contributed by atoms with E-state index in [4.69, 9.17) is 0 Å². The number of hydrogen-bond donors (Lipinski definition) is 1. The topological polar surface area (TPSA) is 68.0 Å². The first-order chi connectivity index (χ1) is 13.8. The maximum atomic E-state index is 14.8. The molecule has 2 aromatic heterocycles. The molecule has 1 N–H and O–H groups in total. The highest BCUT2D eigenvalue weighted by Crippen LogP contribution is 2.32. The van der Waals surface area contributed by atoms with E-state index < -0.39 is 0 Å². The van der Waals surface area contributed by atoms with Crippen molar-refractivity contribution < 1.29 is 9.18 Å². The van der Waals surface area contributed by atoms with Crippen LogP contribution < -0.4 is 5.32 Å². The zero-order valence-electron chi connectivity index (χ0n) is 16.7. The van der Waals surface area contributed by atoms with Gasteiger partial charge in [-0.25, -0.2) is 9.07 Å². The maximum Gasteiger partial charge on any atom is 0.219 e. The SMILES string of the molecule is C=C(C)n1nc(Nc2ccc(-c3cnn(C)c3)cc2F)c2c1CCN(C(C)=O)C2. The fourth-order valence-electron chi connectivity index (χ4n) is 3.60. The largest absolute Gasteiger partial charge is 0.338 e. The number of aromatic nitrogens is 4. The second kappa shape index (κ2) is 7.20. The van der Waals surface area contributed by atoms with Gasteiger partial charge in [0.1, 0.15) is 5.82 Å². The van der Waals surface area contributed by atoms with Crippen molar-refractivity contribution in [3.05, 3.63) is 54.2 Å². The molecule has 0 saturated heterocycles. The molecule has 4 rings (SSSR count). The number of halogens is 1. The van der Waals surface area contributed by atoms with Crippen molar-refractivity contribution in [1.29, 1.82) is 0 Å². The summed E-state index contributed by atoms with van der Waals surface area (Å²) in [5.41, 5.74) is 4.59. The number of carbonyl (C=O) groups excluding carboxylic acids is 1. The first kappa shape index (κ1) is 18.9. The minimum absolute atomic E-state index is 0.0108. The molecule has 0 radical (unpaired) electrons. The minimum atomic E-state index is -0.385. The summed E-state index contributed by atoms with van der Waals surface area (Å²) in [6.07, 6.45) is 4.21. The van der Waals surface area contributed by atoms with Gasteiger partial charge in [-0.3, -0.25) is 9.48 Å². The van der Waals surface area contributed by atoms with Crippen LogP contribution in [0.4, 0.5) is 15.9 Å². The van der Waals surface area contributed by atoms with Gasteiger partial charge < -0.3 is 10.2 Å². The molecule has 1 amide bonds. The molecule has 7 nitrogen and oxygen atoms in total. The van der Waals surface area contributed by atoms with Crippen LogP contribution in [0.25, 0.3) is 16.8 Å². The number of aryl methyl sites for hydroxylation is 1. The predicted molar refractivity (Wildman–Crippen MR) is 110 cm³/mol. The van der Waals surface area contributed by atoms with Gasteiger partial charge in [-0.05, 0) is 24.6 Å². The number of anilines is 2. The van der Waals surface area contributed by atoms with Gasteiger partial charge in [0.05, 0.1) is 24.1 Å². The summed E-state index contributed by atoms with van der Waals surface area (Å²) in [6.45, 7) is 8.48. The van der Waals surface area contributed by atoms with Crippen LogP contribution in [0.3, 0.4) is 0 Å². The van der Waals surface area contributed by atoms with Crippen molar-refractivity contribution in [3.8, 4) is 11.1 Å². The summed E-state index contributed by atoms with van der Waals surface area (Å²) >= 11 is 0. The molecule has 1 aliphatic heterocycles. The predicted octanol–water partition coefficient (Wildman–Crippen LogP) is 3.56. The van der Waals surface area contributed by atoms with Crippen LogP contribution in [0.15, 0.2) is 37.2 Å². The van der Waals surface area contributed by atoms with Crippen molar-refractivity contribution >= 4 is 23.1 Å². The lowest BCUT2D eigenvalue weighted by Gasteiger charge is -2.26. The summed E-state index contributed by atoms with van der Waals surface area (Å²) < 4.78 is 18.3. The van der Waals surface area contributed by atoms with Gasteiger partial charge in [0.15, 0.2) is 5.82 Å². The summed E-state index contributed by atoms with van der Waals surface area (Å²) in [6, 6.07) is 5.01. The summed E-state index contributed by atoms with van der Waals surface area (Å²) in [5.74, 6) is 0.169. The fraction of sp³-hybridized carbons (Fsp3) is 0.286. The second-order valence-corrected chi connectivity index (χ2v) is 7.33. The highest BCUT2D eigenvalue weighted by molar-refractivity contribution is 5.75. The van der Waals surface area contributed by atoms with Gasteiger partial charge in [0.2, 0.25) is 5.91 Å². The molecule has 3 aromatic rings. The van der Waals surface area contributed by atoms with E-state index in [1.165, 1.54) is 6.07 Å². The van der Waals surface area contributed by atoms with Crippen molar-refractivity contribution in [2.45, 2.75) is 26.8 Å². The van der Waals surface area contributed by atoms with E-state index in [0.717, 1.165) is 28.1 Å². The lowest BCUT2D eigenvalue weighted by atomic mass is 10.1. The number of hydrogen-bond acceptors (Lipinski definition) is 4. The Morgan fingerprint density at radius 2 is 2.07 bits per heavy atom. The zero-order valence-corrected chi connectivity index (χ0v) is 16.7. The second-order valence-electron chi connectivity index (χ2n) is 7.33. The van der Waals surface area contributed by atoms with Gasteiger partial charge in [0, 0.05) is 50.0 Å². The van der Waals surface area contributed by atoms with E-state index in [-0.39, 0.29) is 11.7 Å². The normalized spacial score (nSPS) is 13.3. The van der Waals surface area contributed by atoms with Crippen LogP contribution in [-0.4, -0.2) is 36.9 Å². The van der Waals surface area contributed by atoms with E-state index >= 15 is 0 Å². The van der Waals surface area contributed by atoms with Gasteiger partial charge in [-0.2, -0.15) is 5.10 Å². The first-order valence-corrected chi connectivity index (χ1v) is 9.41. The van der Waals surface area contributed by atoms with Crippen LogP contribution in [0.2, 0.25) is 0 Å². The third-order valence-electron chi connectivity index (χ3n) is 5.12. The molecular formula is C21H23FN6O. The highest BCUT2D eigenvalue weighted by atomic mass is 19.1. The molecule has 0 atom stereocenters. The summed E-state index contributed by atoms with van der Waals surface area (Å²) in [5, 5.41) is 11.8. The first-order valence-electron chi connectivity index (χ1n) is 9.41. The Kier molecular flexibility index (Phi) is 4.70. The molecule has 3 heterocycles. The van der Waals surface area contributed by atoms with Gasteiger partial charge >= 0.3 is 0 Å². The molecule has 0 bridgehead atoms. The number of benzene rings is 1. The van der Waals surface area contributed by atoms with E-state index in [2.05, 4.69) is 22.1 Å². The molecule has 29 heavy (non-hydrogen) atoms. The number of nitrogens with one attached hydrogen (secondary N) is 1. The summed E-state index contributed by atoms with van der Waals surface area (Å²) in [4.78, 5) is 13.6. The molecule has 0 aliphatic carbocycles. The average molecular weight is 394 g/mol. The van der Waals surface area contributed by atoms with Crippen LogP contribution in [0.1, 0.15) is 25.1 Å². The van der Waals surface area contributed by atoms with Crippen LogP contribution >= 0.6 is 0 Å². The number of amides is 1. The Balaban J connectivity index is 1.67.